The van der Waals surface area contributed by atoms with E-state index in [0.717, 1.165) is 18.5 Å². The highest BCUT2D eigenvalue weighted by Crippen LogP contribution is 2.45. The van der Waals surface area contributed by atoms with E-state index in [1.54, 1.807) is 0 Å². The fourth-order valence-corrected chi connectivity index (χ4v) is 4.15. The maximum Gasteiger partial charge on any atom is 0.388 e. The molecule has 34 heavy (non-hydrogen) atoms. The molecule has 0 aliphatic carbocycles. The molecule has 2 aliphatic heterocycles. The van der Waals surface area contributed by atoms with Gasteiger partial charge in [0.15, 0.2) is 0 Å². The van der Waals surface area contributed by atoms with Crippen LogP contribution in [0.1, 0.15) is 29.4 Å². The van der Waals surface area contributed by atoms with Gasteiger partial charge in [-0.1, -0.05) is 0 Å². The first-order valence-corrected chi connectivity index (χ1v) is 10.3. The molecule has 0 unspecified atom stereocenters. The van der Waals surface area contributed by atoms with E-state index < -0.39 is 48.5 Å². The van der Waals surface area contributed by atoms with Crippen molar-refractivity contribution in [3.05, 3.63) is 47.7 Å². The number of ether oxygens (including phenoxy) is 3. The number of fused-ring (bicyclic) bond motifs is 1. The van der Waals surface area contributed by atoms with Crippen molar-refractivity contribution in [3.8, 4) is 5.88 Å². The largest absolute Gasteiger partial charge is 0.462 e. The van der Waals surface area contributed by atoms with Crippen molar-refractivity contribution in [2.75, 3.05) is 18.6 Å². The van der Waals surface area contributed by atoms with Crippen LogP contribution in [-0.4, -0.2) is 54.0 Å². The van der Waals surface area contributed by atoms with Crippen LogP contribution in [0.15, 0.2) is 35.6 Å². The zero-order valence-electron chi connectivity index (χ0n) is 17.9. The number of aromatic nitrogens is 2. The van der Waals surface area contributed by atoms with E-state index in [1.807, 2.05) is 6.92 Å². The third-order valence-electron chi connectivity index (χ3n) is 5.73. The molecule has 0 radical (unpaired) electrons. The summed E-state index contributed by atoms with van der Waals surface area (Å²) in [6, 6.07) is 3.33. The van der Waals surface area contributed by atoms with Gasteiger partial charge in [0.1, 0.15) is 29.8 Å². The number of anilines is 1. The minimum absolute atomic E-state index is 0.0746. The number of alkyl halides is 3. The third-order valence-corrected chi connectivity index (χ3v) is 5.73. The zero-order valence-corrected chi connectivity index (χ0v) is 17.9. The molecule has 9 nitrogen and oxygen atoms in total. The lowest BCUT2D eigenvalue weighted by Crippen LogP contribution is -2.55. The third kappa shape index (κ3) is 4.60. The molecule has 2 aliphatic rings. The molecule has 0 spiro atoms. The van der Waals surface area contributed by atoms with Gasteiger partial charge in [0, 0.05) is 17.7 Å². The predicted octanol–water partition coefficient (Wildman–Crippen LogP) is 2.77. The quantitative estimate of drug-likeness (QED) is 0.606. The van der Waals surface area contributed by atoms with E-state index in [2.05, 4.69) is 25.0 Å². The summed E-state index contributed by atoms with van der Waals surface area (Å²) in [6.07, 6.45) is 1.54. The first-order chi connectivity index (χ1) is 16.2. The Morgan fingerprint density at radius 3 is 2.82 bits per heavy atom. The number of amidine groups is 1. The number of benzene rings is 1. The molecule has 0 saturated carbocycles. The summed E-state index contributed by atoms with van der Waals surface area (Å²) in [5, 5.41) is 2.50. The Kier molecular flexibility index (Phi) is 6.55. The van der Waals surface area contributed by atoms with Gasteiger partial charge < -0.3 is 25.3 Å². The Bertz CT molecular complexity index is 1090. The van der Waals surface area contributed by atoms with Crippen LogP contribution in [0.25, 0.3) is 0 Å². The van der Waals surface area contributed by atoms with E-state index in [1.165, 1.54) is 12.1 Å². The van der Waals surface area contributed by atoms with Gasteiger partial charge in [-0.15, -0.1) is 0 Å². The number of nitrogens with one attached hydrogen (secondary N) is 1. The second-order valence-corrected chi connectivity index (χ2v) is 7.92. The second kappa shape index (κ2) is 9.41. The van der Waals surface area contributed by atoms with Gasteiger partial charge in [-0.2, -0.15) is 8.78 Å². The molecule has 13 heteroatoms. The van der Waals surface area contributed by atoms with Crippen LogP contribution in [0.3, 0.4) is 0 Å². The first kappa shape index (κ1) is 23.7. The number of amides is 1. The molecule has 1 aromatic carbocycles. The molecule has 1 saturated heterocycles. The van der Waals surface area contributed by atoms with Crippen molar-refractivity contribution in [2.45, 2.75) is 37.7 Å². The lowest BCUT2D eigenvalue weighted by molar-refractivity contribution is -0.109. The Hall–Kier alpha value is -3.48. The molecule has 182 valence electrons. The van der Waals surface area contributed by atoms with E-state index in [4.69, 9.17) is 15.2 Å². The summed E-state index contributed by atoms with van der Waals surface area (Å²) in [5.74, 6) is -2.63. The molecule has 1 amide bonds. The van der Waals surface area contributed by atoms with Gasteiger partial charge in [-0.3, -0.25) is 4.79 Å². The topological polar surface area (TPSA) is 121 Å². The zero-order chi connectivity index (χ0) is 24.5. The molecule has 4 atom stereocenters. The summed E-state index contributed by atoms with van der Waals surface area (Å²) in [6.45, 7) is -2.26. The highest BCUT2D eigenvalue weighted by Gasteiger charge is 2.52. The maximum atomic E-state index is 15.0. The van der Waals surface area contributed by atoms with Crippen LogP contribution in [0.4, 0.5) is 23.2 Å². The van der Waals surface area contributed by atoms with Crippen molar-refractivity contribution in [3.63, 3.8) is 0 Å². The van der Waals surface area contributed by atoms with Crippen molar-refractivity contribution < 1.29 is 36.6 Å². The minimum Gasteiger partial charge on any atom is -0.462 e. The van der Waals surface area contributed by atoms with Crippen LogP contribution in [-0.2, 0) is 15.0 Å². The Balaban J connectivity index is 1.62. The van der Waals surface area contributed by atoms with Crippen molar-refractivity contribution in [1.29, 1.82) is 0 Å². The summed E-state index contributed by atoms with van der Waals surface area (Å²) < 4.78 is 69.4. The van der Waals surface area contributed by atoms with Crippen LogP contribution in [0, 0.1) is 11.7 Å². The highest BCUT2D eigenvalue weighted by atomic mass is 19.3. The number of halogens is 4. The fraction of sp³-hybridized carbons (Fsp3) is 0.429. The van der Waals surface area contributed by atoms with Gasteiger partial charge in [-0.25, -0.2) is 23.7 Å². The lowest BCUT2D eigenvalue weighted by Gasteiger charge is -2.46. The molecular weight excluding hydrogens is 462 g/mol. The van der Waals surface area contributed by atoms with Gasteiger partial charge in [-0.05, 0) is 25.1 Å². The van der Waals surface area contributed by atoms with Gasteiger partial charge in [0.25, 0.3) is 11.9 Å². The Morgan fingerprint density at radius 1 is 1.35 bits per heavy atom. The summed E-state index contributed by atoms with van der Waals surface area (Å²) in [5.41, 5.74) is 3.88. The fourth-order valence-electron chi connectivity index (χ4n) is 4.15. The van der Waals surface area contributed by atoms with E-state index in [-0.39, 0.29) is 35.7 Å². The number of hydrogen-bond acceptors (Lipinski definition) is 8. The van der Waals surface area contributed by atoms with Gasteiger partial charge >= 0.3 is 6.61 Å². The van der Waals surface area contributed by atoms with Crippen LogP contribution < -0.4 is 15.8 Å². The van der Waals surface area contributed by atoms with Gasteiger partial charge in [0.2, 0.25) is 5.88 Å². The molecule has 2 aromatic rings. The maximum absolute atomic E-state index is 15.0. The Morgan fingerprint density at radius 2 is 2.15 bits per heavy atom. The van der Waals surface area contributed by atoms with Crippen LogP contribution >= 0.6 is 0 Å². The molecule has 3 heterocycles. The van der Waals surface area contributed by atoms with Gasteiger partial charge in [0.05, 0.1) is 31.0 Å². The monoisotopic (exact) mass is 483 g/mol. The minimum atomic E-state index is -3.09. The number of hydrogen-bond donors (Lipinski definition) is 2. The van der Waals surface area contributed by atoms with E-state index in [9.17, 15) is 22.4 Å². The first-order valence-electron chi connectivity index (χ1n) is 10.3. The summed E-state index contributed by atoms with van der Waals surface area (Å²) >= 11 is 0. The average molecular weight is 483 g/mol. The number of nitrogens with two attached hydrogens (primary N) is 1. The van der Waals surface area contributed by atoms with E-state index >= 15 is 0 Å². The van der Waals surface area contributed by atoms with E-state index in [0.29, 0.717) is 6.42 Å². The summed E-state index contributed by atoms with van der Waals surface area (Å²) in [4.78, 5) is 24.0. The SMILES string of the molecule is C[C@@H]1C[C@H]2OC(N)=N[C@](CF)(c3cc(NC(=O)c4cnc(OC(F)F)cn4)ccc3F)[C@H]2CO1. The lowest BCUT2D eigenvalue weighted by atomic mass is 9.73. The average Bonchev–Trinajstić information content (AvgIpc) is 2.79. The molecule has 1 aromatic heterocycles. The number of carbonyl (C=O) groups is 1. The van der Waals surface area contributed by atoms with Crippen LogP contribution in [0.5, 0.6) is 5.88 Å². The Labute approximate surface area is 191 Å². The predicted molar refractivity (Wildman–Crippen MR) is 111 cm³/mol. The van der Waals surface area contributed by atoms with Crippen molar-refractivity contribution in [1.82, 2.24) is 9.97 Å². The van der Waals surface area contributed by atoms with Crippen molar-refractivity contribution >= 4 is 17.6 Å². The molecular formula is C21H21F4N5O4. The molecule has 1 fully saturated rings. The van der Waals surface area contributed by atoms with Crippen LogP contribution in [0.2, 0.25) is 0 Å². The number of aliphatic imine (C=N–C) groups is 1. The number of nitrogens with zero attached hydrogens (tertiary/aromatic N) is 3. The number of carbonyl (C=O) groups excluding carboxylic acids is 1. The normalized spacial score (nSPS) is 26.3. The summed E-state index contributed by atoms with van der Waals surface area (Å²) in [7, 11) is 0. The standard InChI is InChI=1S/C21H21F4N5O4/c1-10-4-16-13(8-32-10)21(9-22,30-20(26)33-16)12-5-11(2-3-14(12)23)29-18(31)15-6-28-17(7-27-15)34-19(24)25/h2-3,5-7,10,13,16,19H,4,8-9H2,1H3,(H2,26,30)(H,29,31)/t10-,13+,16-,21-/m1/s1. The smallest absolute Gasteiger partial charge is 0.388 e. The van der Waals surface area contributed by atoms with Crippen molar-refractivity contribution in [2.24, 2.45) is 16.6 Å². The molecule has 4 rings (SSSR count). The number of rotatable bonds is 6. The second-order valence-electron chi connectivity index (χ2n) is 7.92. The highest BCUT2D eigenvalue weighted by molar-refractivity contribution is 6.02. The molecule has 0 bridgehead atoms. The molecule has 3 N–H and O–H groups in total.